The molecule has 102 valence electrons. The molecule has 0 amide bonds. The Morgan fingerprint density at radius 3 is 2.55 bits per heavy atom. The van der Waals surface area contributed by atoms with Crippen LogP contribution < -0.4 is 4.90 Å². The summed E-state index contributed by atoms with van der Waals surface area (Å²) < 4.78 is 5.75. The predicted molar refractivity (Wildman–Crippen MR) is 81.4 cm³/mol. The van der Waals surface area contributed by atoms with Crippen LogP contribution in [-0.2, 0) is 6.61 Å². The van der Waals surface area contributed by atoms with E-state index in [1.807, 2.05) is 31.3 Å². The number of hydrogen-bond acceptors (Lipinski definition) is 3. The first-order chi connectivity index (χ1) is 9.69. The number of aliphatic hydroxyl groups excluding tert-OH is 1. The number of nitrogens with zero attached hydrogens (tertiary/aromatic N) is 1. The smallest absolute Gasteiger partial charge is 0.158 e. The highest BCUT2D eigenvalue weighted by atomic mass is 16.4. The minimum Gasteiger partial charge on any atom is -0.456 e. The Kier molecular flexibility index (Phi) is 3.20. The summed E-state index contributed by atoms with van der Waals surface area (Å²) >= 11 is 0. The Morgan fingerprint density at radius 2 is 1.85 bits per heavy atom. The number of aliphatic hydroxyl groups is 1. The van der Waals surface area contributed by atoms with E-state index in [0.717, 1.165) is 22.3 Å². The van der Waals surface area contributed by atoms with Crippen molar-refractivity contribution in [1.82, 2.24) is 0 Å². The van der Waals surface area contributed by atoms with Crippen LogP contribution >= 0.6 is 0 Å². The van der Waals surface area contributed by atoms with Crippen molar-refractivity contribution in [3.8, 4) is 0 Å². The van der Waals surface area contributed by atoms with Gasteiger partial charge in [-0.3, -0.25) is 0 Å². The number of benzene rings is 2. The second-order valence-corrected chi connectivity index (χ2v) is 4.97. The maximum Gasteiger partial charge on any atom is 0.158 e. The van der Waals surface area contributed by atoms with Crippen LogP contribution in [0.4, 0.5) is 11.4 Å². The van der Waals surface area contributed by atoms with E-state index in [0.29, 0.717) is 5.76 Å². The van der Waals surface area contributed by atoms with Crippen LogP contribution in [0.25, 0.3) is 11.0 Å². The molecule has 3 rings (SSSR count). The van der Waals surface area contributed by atoms with Crippen molar-refractivity contribution >= 4 is 22.3 Å². The van der Waals surface area contributed by atoms with Crippen LogP contribution in [0.2, 0.25) is 0 Å². The highest BCUT2D eigenvalue weighted by Gasteiger charge is 2.13. The lowest BCUT2D eigenvalue weighted by Gasteiger charge is -2.20. The normalized spacial score (nSPS) is 10.9. The number of para-hydroxylation sites is 1. The minimum absolute atomic E-state index is 0.0811. The van der Waals surface area contributed by atoms with Crippen molar-refractivity contribution < 1.29 is 9.52 Å². The van der Waals surface area contributed by atoms with E-state index < -0.39 is 0 Å². The first-order valence-electron chi connectivity index (χ1n) is 6.62. The molecule has 1 heterocycles. The Morgan fingerprint density at radius 1 is 1.10 bits per heavy atom. The van der Waals surface area contributed by atoms with Crippen LogP contribution in [0.1, 0.15) is 11.3 Å². The average Bonchev–Trinajstić information content (AvgIpc) is 2.89. The number of anilines is 2. The summed E-state index contributed by atoms with van der Waals surface area (Å²) in [7, 11) is 2.02. The second kappa shape index (κ2) is 5.02. The van der Waals surface area contributed by atoms with E-state index in [-0.39, 0.29) is 6.61 Å². The Balaban J connectivity index is 2.17. The SMILES string of the molecule is Cc1cc(N(C)c2ccccc2)c2oc(CO)cc2c1. The van der Waals surface area contributed by atoms with Gasteiger partial charge in [-0.1, -0.05) is 18.2 Å². The van der Waals surface area contributed by atoms with E-state index in [9.17, 15) is 5.11 Å². The Labute approximate surface area is 118 Å². The lowest BCUT2D eigenvalue weighted by molar-refractivity contribution is 0.251. The van der Waals surface area contributed by atoms with Gasteiger partial charge in [0.1, 0.15) is 12.4 Å². The van der Waals surface area contributed by atoms with E-state index in [1.165, 1.54) is 5.56 Å². The van der Waals surface area contributed by atoms with Crippen LogP contribution in [-0.4, -0.2) is 12.2 Å². The van der Waals surface area contributed by atoms with Crippen molar-refractivity contribution in [3.63, 3.8) is 0 Å². The molecule has 1 N–H and O–H groups in total. The van der Waals surface area contributed by atoms with Gasteiger partial charge < -0.3 is 14.4 Å². The highest BCUT2D eigenvalue weighted by Crippen LogP contribution is 2.34. The van der Waals surface area contributed by atoms with Gasteiger partial charge in [-0.15, -0.1) is 0 Å². The van der Waals surface area contributed by atoms with E-state index >= 15 is 0 Å². The van der Waals surface area contributed by atoms with Crippen LogP contribution in [0.5, 0.6) is 0 Å². The molecule has 0 aliphatic heterocycles. The molecule has 2 aromatic carbocycles. The molecule has 3 nitrogen and oxygen atoms in total. The van der Waals surface area contributed by atoms with Gasteiger partial charge >= 0.3 is 0 Å². The fraction of sp³-hybridized carbons (Fsp3) is 0.176. The molecular weight excluding hydrogens is 250 g/mol. The van der Waals surface area contributed by atoms with Crippen molar-refractivity contribution in [2.24, 2.45) is 0 Å². The molecule has 0 spiro atoms. The summed E-state index contributed by atoms with van der Waals surface area (Å²) in [5.41, 5.74) is 4.08. The van der Waals surface area contributed by atoms with Crippen molar-refractivity contribution in [3.05, 3.63) is 59.9 Å². The molecular formula is C17H17NO2. The Bertz CT molecular complexity index is 731. The molecule has 3 heteroatoms. The zero-order chi connectivity index (χ0) is 14.1. The minimum atomic E-state index is -0.0811. The Hall–Kier alpha value is -2.26. The zero-order valence-corrected chi connectivity index (χ0v) is 11.6. The molecule has 20 heavy (non-hydrogen) atoms. The molecule has 0 saturated carbocycles. The first kappa shape index (κ1) is 12.8. The summed E-state index contributed by atoms with van der Waals surface area (Å²) in [6, 6.07) is 16.2. The van der Waals surface area contributed by atoms with Crippen molar-refractivity contribution in [2.45, 2.75) is 13.5 Å². The molecule has 0 unspecified atom stereocenters. The maximum absolute atomic E-state index is 9.25. The molecule has 0 atom stereocenters. The highest BCUT2D eigenvalue weighted by molar-refractivity contribution is 5.92. The van der Waals surface area contributed by atoms with Crippen LogP contribution in [0, 0.1) is 6.92 Å². The summed E-state index contributed by atoms with van der Waals surface area (Å²) in [5.74, 6) is 0.591. The van der Waals surface area contributed by atoms with Gasteiger partial charge in [0.25, 0.3) is 0 Å². The molecule has 0 saturated heterocycles. The van der Waals surface area contributed by atoms with Gasteiger partial charge in [-0.2, -0.15) is 0 Å². The van der Waals surface area contributed by atoms with Crippen molar-refractivity contribution in [1.29, 1.82) is 0 Å². The number of rotatable bonds is 3. The van der Waals surface area contributed by atoms with Gasteiger partial charge in [-0.05, 0) is 42.8 Å². The molecule has 0 bridgehead atoms. The fourth-order valence-electron chi connectivity index (χ4n) is 2.45. The predicted octanol–water partition coefficient (Wildman–Crippen LogP) is 4.00. The van der Waals surface area contributed by atoms with E-state index in [4.69, 9.17) is 4.42 Å². The fourth-order valence-corrected chi connectivity index (χ4v) is 2.45. The van der Waals surface area contributed by atoms with Crippen LogP contribution in [0.3, 0.4) is 0 Å². The lowest BCUT2D eigenvalue weighted by atomic mass is 10.1. The topological polar surface area (TPSA) is 36.6 Å². The van der Waals surface area contributed by atoms with Gasteiger partial charge in [0.15, 0.2) is 5.58 Å². The van der Waals surface area contributed by atoms with E-state index in [1.54, 1.807) is 0 Å². The third-order valence-corrected chi connectivity index (χ3v) is 3.45. The van der Waals surface area contributed by atoms with Gasteiger partial charge in [0.05, 0.1) is 5.69 Å². The first-order valence-corrected chi connectivity index (χ1v) is 6.62. The second-order valence-electron chi connectivity index (χ2n) is 4.97. The summed E-state index contributed by atoms with van der Waals surface area (Å²) in [6.45, 7) is 1.98. The third-order valence-electron chi connectivity index (χ3n) is 3.45. The number of furan rings is 1. The number of hydrogen-bond donors (Lipinski definition) is 1. The third kappa shape index (κ3) is 2.17. The van der Waals surface area contributed by atoms with E-state index in [2.05, 4.69) is 36.1 Å². The lowest BCUT2D eigenvalue weighted by Crippen LogP contribution is -2.09. The maximum atomic E-state index is 9.25. The summed E-state index contributed by atoms with van der Waals surface area (Å²) in [5, 5.41) is 10.3. The quantitative estimate of drug-likeness (QED) is 0.779. The van der Waals surface area contributed by atoms with Gasteiger partial charge in [0.2, 0.25) is 0 Å². The summed E-state index contributed by atoms with van der Waals surface area (Å²) in [6.07, 6.45) is 0. The molecule has 0 fully saturated rings. The monoisotopic (exact) mass is 267 g/mol. The molecule has 1 aromatic heterocycles. The van der Waals surface area contributed by atoms with Gasteiger partial charge in [0, 0.05) is 18.1 Å². The molecule has 0 aliphatic rings. The molecule has 3 aromatic rings. The standard InChI is InChI=1S/C17H17NO2/c1-12-8-13-10-15(11-19)20-17(13)16(9-12)18(2)14-6-4-3-5-7-14/h3-10,19H,11H2,1-2H3. The molecule has 0 aliphatic carbocycles. The average molecular weight is 267 g/mol. The van der Waals surface area contributed by atoms with Crippen molar-refractivity contribution in [2.75, 3.05) is 11.9 Å². The number of fused-ring (bicyclic) bond motifs is 1. The molecule has 0 radical (unpaired) electrons. The zero-order valence-electron chi connectivity index (χ0n) is 11.6. The number of aryl methyl sites for hydroxylation is 1. The van der Waals surface area contributed by atoms with Crippen LogP contribution in [0.15, 0.2) is 52.9 Å². The van der Waals surface area contributed by atoms with Gasteiger partial charge in [-0.25, -0.2) is 0 Å². The largest absolute Gasteiger partial charge is 0.456 e. The summed E-state index contributed by atoms with van der Waals surface area (Å²) in [4.78, 5) is 2.10.